The van der Waals surface area contributed by atoms with Gasteiger partial charge in [0.15, 0.2) is 0 Å². The summed E-state index contributed by atoms with van der Waals surface area (Å²) in [5.74, 6) is 0.744. The summed E-state index contributed by atoms with van der Waals surface area (Å²) in [6.07, 6.45) is 0.878. The molecule has 0 unspecified atom stereocenters. The predicted molar refractivity (Wildman–Crippen MR) is 75.4 cm³/mol. The summed E-state index contributed by atoms with van der Waals surface area (Å²) in [5, 5.41) is 3.93. The van der Waals surface area contributed by atoms with E-state index in [9.17, 15) is 0 Å². The minimum Gasteiger partial charge on any atom is -0.492 e. The average Bonchev–Trinajstić information content (AvgIpc) is 2.38. The van der Waals surface area contributed by atoms with E-state index in [2.05, 4.69) is 12.2 Å². The zero-order valence-electron chi connectivity index (χ0n) is 11.2. The van der Waals surface area contributed by atoms with E-state index in [1.54, 1.807) is 0 Å². The minimum atomic E-state index is 0.631. The van der Waals surface area contributed by atoms with Gasteiger partial charge >= 0.3 is 0 Å². The Morgan fingerprint density at radius 2 is 2.06 bits per heavy atom. The molecule has 0 heterocycles. The summed E-state index contributed by atoms with van der Waals surface area (Å²) in [6.45, 7) is 7.96. The van der Waals surface area contributed by atoms with Crippen molar-refractivity contribution in [2.45, 2.75) is 26.8 Å². The van der Waals surface area contributed by atoms with Gasteiger partial charge in [-0.25, -0.2) is 0 Å². The van der Waals surface area contributed by atoms with Crippen molar-refractivity contribution < 1.29 is 9.47 Å². The summed E-state index contributed by atoms with van der Waals surface area (Å²) >= 11 is 6.16. The largest absolute Gasteiger partial charge is 0.492 e. The van der Waals surface area contributed by atoms with E-state index in [4.69, 9.17) is 21.1 Å². The minimum absolute atomic E-state index is 0.631. The highest BCUT2D eigenvalue weighted by Crippen LogP contribution is 2.25. The smallest absolute Gasteiger partial charge is 0.137 e. The summed E-state index contributed by atoms with van der Waals surface area (Å²) in [6, 6.07) is 5.91. The monoisotopic (exact) mass is 271 g/mol. The lowest BCUT2D eigenvalue weighted by molar-refractivity contribution is 0.131. The second kappa shape index (κ2) is 9.20. The zero-order valence-corrected chi connectivity index (χ0v) is 11.9. The molecule has 4 heteroatoms. The van der Waals surface area contributed by atoms with Crippen molar-refractivity contribution in [1.29, 1.82) is 0 Å². The van der Waals surface area contributed by atoms with Crippen molar-refractivity contribution in [3.8, 4) is 5.75 Å². The molecule has 0 saturated carbocycles. The SMILES string of the molecule is CCNCc1ccc(OCCCOCC)c(Cl)c1. The van der Waals surface area contributed by atoms with Gasteiger partial charge in [0.2, 0.25) is 0 Å². The van der Waals surface area contributed by atoms with E-state index in [1.165, 1.54) is 5.56 Å². The Bertz CT molecular complexity index is 345. The molecule has 0 aliphatic carbocycles. The third-order valence-corrected chi connectivity index (χ3v) is 2.77. The van der Waals surface area contributed by atoms with Gasteiger partial charge in [0.25, 0.3) is 0 Å². The van der Waals surface area contributed by atoms with Crippen LogP contribution in [-0.2, 0) is 11.3 Å². The first-order chi connectivity index (χ1) is 8.77. The Morgan fingerprint density at radius 1 is 1.22 bits per heavy atom. The Balaban J connectivity index is 2.37. The molecule has 18 heavy (non-hydrogen) atoms. The second-order valence-corrected chi connectivity index (χ2v) is 4.35. The average molecular weight is 272 g/mol. The number of hydrogen-bond acceptors (Lipinski definition) is 3. The molecule has 0 spiro atoms. The lowest BCUT2D eigenvalue weighted by atomic mass is 10.2. The maximum absolute atomic E-state index is 6.16. The lowest BCUT2D eigenvalue weighted by Gasteiger charge is -2.10. The van der Waals surface area contributed by atoms with Crippen molar-refractivity contribution in [1.82, 2.24) is 5.32 Å². The van der Waals surface area contributed by atoms with E-state index in [-0.39, 0.29) is 0 Å². The van der Waals surface area contributed by atoms with Gasteiger partial charge in [-0.15, -0.1) is 0 Å². The van der Waals surface area contributed by atoms with Gasteiger partial charge in [0.05, 0.1) is 11.6 Å². The first-order valence-electron chi connectivity index (χ1n) is 6.47. The van der Waals surface area contributed by atoms with E-state index >= 15 is 0 Å². The Hall–Kier alpha value is -0.770. The molecule has 3 nitrogen and oxygen atoms in total. The molecular formula is C14H22ClNO2. The van der Waals surface area contributed by atoms with Crippen LogP contribution in [0.2, 0.25) is 5.02 Å². The van der Waals surface area contributed by atoms with E-state index in [0.717, 1.165) is 38.5 Å². The van der Waals surface area contributed by atoms with E-state index in [0.29, 0.717) is 11.6 Å². The van der Waals surface area contributed by atoms with Crippen molar-refractivity contribution >= 4 is 11.6 Å². The highest BCUT2D eigenvalue weighted by molar-refractivity contribution is 6.32. The van der Waals surface area contributed by atoms with Crippen LogP contribution in [0.25, 0.3) is 0 Å². The molecule has 0 radical (unpaired) electrons. The van der Waals surface area contributed by atoms with E-state index in [1.807, 2.05) is 25.1 Å². The summed E-state index contributed by atoms with van der Waals surface area (Å²) < 4.78 is 10.9. The molecule has 0 aliphatic heterocycles. The van der Waals surface area contributed by atoms with Crippen molar-refractivity contribution in [2.75, 3.05) is 26.4 Å². The molecule has 0 aliphatic rings. The molecule has 0 bridgehead atoms. The van der Waals surface area contributed by atoms with Gasteiger partial charge in [-0.2, -0.15) is 0 Å². The summed E-state index contributed by atoms with van der Waals surface area (Å²) in [4.78, 5) is 0. The Kier molecular flexibility index (Phi) is 7.81. The number of nitrogens with one attached hydrogen (secondary N) is 1. The number of rotatable bonds is 9. The summed E-state index contributed by atoms with van der Waals surface area (Å²) in [5.41, 5.74) is 1.17. The summed E-state index contributed by atoms with van der Waals surface area (Å²) in [7, 11) is 0. The molecule has 1 aromatic rings. The lowest BCUT2D eigenvalue weighted by Crippen LogP contribution is -2.11. The van der Waals surface area contributed by atoms with Gasteiger partial charge in [-0.3, -0.25) is 0 Å². The van der Waals surface area contributed by atoms with Gasteiger partial charge in [0.1, 0.15) is 5.75 Å². The molecule has 0 saturated heterocycles. The molecule has 102 valence electrons. The molecule has 1 N–H and O–H groups in total. The second-order valence-electron chi connectivity index (χ2n) is 3.94. The first kappa shape index (κ1) is 15.3. The maximum Gasteiger partial charge on any atom is 0.137 e. The molecule has 0 aromatic heterocycles. The maximum atomic E-state index is 6.16. The highest BCUT2D eigenvalue weighted by Gasteiger charge is 2.02. The van der Waals surface area contributed by atoms with Gasteiger partial charge in [-0.1, -0.05) is 24.6 Å². The van der Waals surface area contributed by atoms with Crippen molar-refractivity contribution in [3.05, 3.63) is 28.8 Å². The fourth-order valence-electron chi connectivity index (χ4n) is 1.53. The standard InChI is InChI=1S/C14H22ClNO2/c1-3-16-11-12-6-7-14(13(15)10-12)18-9-5-8-17-4-2/h6-7,10,16H,3-5,8-9,11H2,1-2H3. The zero-order chi connectivity index (χ0) is 13.2. The van der Waals surface area contributed by atoms with Crippen LogP contribution in [0.4, 0.5) is 0 Å². The molecule has 1 aromatic carbocycles. The number of ether oxygens (including phenoxy) is 2. The van der Waals surface area contributed by atoms with Crippen molar-refractivity contribution in [2.24, 2.45) is 0 Å². The van der Waals surface area contributed by atoms with Crippen LogP contribution in [0.15, 0.2) is 18.2 Å². The van der Waals surface area contributed by atoms with Crippen LogP contribution < -0.4 is 10.1 Å². The van der Waals surface area contributed by atoms with Crippen molar-refractivity contribution in [3.63, 3.8) is 0 Å². The molecular weight excluding hydrogens is 250 g/mol. The van der Waals surface area contributed by atoms with Crippen LogP contribution in [-0.4, -0.2) is 26.4 Å². The van der Waals surface area contributed by atoms with Crippen LogP contribution >= 0.6 is 11.6 Å². The molecule has 0 amide bonds. The first-order valence-corrected chi connectivity index (χ1v) is 6.85. The quantitative estimate of drug-likeness (QED) is 0.700. The molecule has 0 atom stereocenters. The Labute approximate surface area is 114 Å². The normalized spacial score (nSPS) is 10.6. The molecule has 0 fully saturated rings. The van der Waals surface area contributed by atoms with Gasteiger partial charge < -0.3 is 14.8 Å². The van der Waals surface area contributed by atoms with Gasteiger partial charge in [-0.05, 0) is 31.2 Å². The van der Waals surface area contributed by atoms with Crippen LogP contribution in [0.5, 0.6) is 5.75 Å². The topological polar surface area (TPSA) is 30.5 Å². The van der Waals surface area contributed by atoms with E-state index < -0.39 is 0 Å². The third-order valence-electron chi connectivity index (χ3n) is 2.47. The van der Waals surface area contributed by atoms with Crippen LogP contribution in [0.3, 0.4) is 0 Å². The highest BCUT2D eigenvalue weighted by atomic mass is 35.5. The molecule has 1 rings (SSSR count). The number of hydrogen-bond donors (Lipinski definition) is 1. The Morgan fingerprint density at radius 3 is 2.72 bits per heavy atom. The number of benzene rings is 1. The van der Waals surface area contributed by atoms with Gasteiger partial charge in [0, 0.05) is 26.2 Å². The fraction of sp³-hybridized carbons (Fsp3) is 0.571. The fourth-order valence-corrected chi connectivity index (χ4v) is 1.79. The van der Waals surface area contributed by atoms with Crippen LogP contribution in [0, 0.1) is 0 Å². The third kappa shape index (κ3) is 5.71. The van der Waals surface area contributed by atoms with Crippen LogP contribution in [0.1, 0.15) is 25.8 Å². The number of halogens is 1. The predicted octanol–water partition coefficient (Wildman–Crippen LogP) is 3.25.